The molecule has 0 bridgehead atoms. The SMILES string of the molecule is Cc1ccc(N=C(N)SCc2cc(F)cc3c2O[C@H](c2ccccc2)OC3)cc1C. The van der Waals surface area contributed by atoms with Gasteiger partial charge in [-0.25, -0.2) is 9.38 Å². The first-order valence-corrected chi connectivity index (χ1v) is 10.7. The van der Waals surface area contributed by atoms with Crippen molar-refractivity contribution in [1.29, 1.82) is 0 Å². The van der Waals surface area contributed by atoms with Crippen molar-refractivity contribution in [2.24, 2.45) is 10.7 Å². The molecule has 0 aliphatic carbocycles. The van der Waals surface area contributed by atoms with E-state index in [4.69, 9.17) is 15.2 Å². The second kappa shape index (κ2) is 8.90. The zero-order valence-electron chi connectivity index (χ0n) is 16.9. The van der Waals surface area contributed by atoms with E-state index in [1.165, 1.54) is 29.5 Å². The molecule has 4 rings (SSSR count). The average molecular weight is 423 g/mol. The second-order valence-corrected chi connectivity index (χ2v) is 8.23. The lowest BCUT2D eigenvalue weighted by molar-refractivity contribution is -0.112. The van der Waals surface area contributed by atoms with Crippen molar-refractivity contribution in [3.8, 4) is 5.75 Å². The van der Waals surface area contributed by atoms with E-state index in [1.807, 2.05) is 55.5 Å². The van der Waals surface area contributed by atoms with Gasteiger partial charge in [0.05, 0.1) is 12.3 Å². The van der Waals surface area contributed by atoms with Crippen molar-refractivity contribution < 1.29 is 13.9 Å². The Morgan fingerprint density at radius 3 is 2.67 bits per heavy atom. The zero-order valence-corrected chi connectivity index (χ0v) is 17.7. The topological polar surface area (TPSA) is 56.8 Å². The minimum Gasteiger partial charge on any atom is -0.460 e. The molecule has 1 aliphatic rings. The van der Waals surface area contributed by atoms with Gasteiger partial charge in [-0.2, -0.15) is 0 Å². The molecule has 0 saturated carbocycles. The molecule has 0 unspecified atom stereocenters. The lowest BCUT2D eigenvalue weighted by Gasteiger charge is -2.28. The first kappa shape index (κ1) is 20.4. The molecule has 1 atom stereocenters. The van der Waals surface area contributed by atoms with Crippen LogP contribution in [0.25, 0.3) is 0 Å². The number of benzene rings is 3. The molecule has 1 heterocycles. The summed E-state index contributed by atoms with van der Waals surface area (Å²) >= 11 is 1.35. The van der Waals surface area contributed by atoms with Crippen LogP contribution in [0.5, 0.6) is 5.75 Å². The van der Waals surface area contributed by atoms with Gasteiger partial charge in [-0.1, -0.05) is 48.2 Å². The molecular formula is C24H23FN2O2S. The Hall–Kier alpha value is -2.83. The quantitative estimate of drug-likeness (QED) is 0.418. The monoisotopic (exact) mass is 422 g/mol. The Labute approximate surface area is 179 Å². The number of hydrogen-bond acceptors (Lipinski definition) is 4. The number of ether oxygens (including phenoxy) is 2. The zero-order chi connectivity index (χ0) is 21.1. The Bertz CT molecular complexity index is 1090. The highest BCUT2D eigenvalue weighted by atomic mass is 32.2. The van der Waals surface area contributed by atoms with Gasteiger partial charge < -0.3 is 15.2 Å². The predicted octanol–water partition coefficient (Wildman–Crippen LogP) is 5.93. The Morgan fingerprint density at radius 2 is 1.90 bits per heavy atom. The van der Waals surface area contributed by atoms with Gasteiger partial charge in [-0.3, -0.25) is 0 Å². The number of aryl methyl sites for hydroxylation is 2. The van der Waals surface area contributed by atoms with Crippen LogP contribution in [0.2, 0.25) is 0 Å². The van der Waals surface area contributed by atoms with E-state index in [0.29, 0.717) is 22.2 Å². The lowest BCUT2D eigenvalue weighted by atomic mass is 10.1. The molecule has 0 aromatic heterocycles. The molecule has 1 aliphatic heterocycles. The number of nitrogens with two attached hydrogens (primary N) is 1. The van der Waals surface area contributed by atoms with Gasteiger partial charge in [0.2, 0.25) is 6.29 Å². The summed E-state index contributed by atoms with van der Waals surface area (Å²) in [5.74, 6) is 0.782. The van der Waals surface area contributed by atoms with Crippen LogP contribution in [0.15, 0.2) is 65.7 Å². The van der Waals surface area contributed by atoms with Gasteiger partial charge in [0.25, 0.3) is 0 Å². The molecule has 3 aromatic carbocycles. The van der Waals surface area contributed by atoms with E-state index >= 15 is 0 Å². The number of nitrogens with zero attached hydrogens (tertiary/aromatic N) is 1. The number of hydrogen-bond donors (Lipinski definition) is 1. The van der Waals surface area contributed by atoms with Gasteiger partial charge in [0.1, 0.15) is 11.6 Å². The summed E-state index contributed by atoms with van der Waals surface area (Å²) in [5.41, 5.74) is 11.6. The third-order valence-electron chi connectivity index (χ3n) is 5.00. The highest BCUT2D eigenvalue weighted by Crippen LogP contribution is 2.38. The van der Waals surface area contributed by atoms with Gasteiger partial charge >= 0.3 is 0 Å². The fourth-order valence-corrected chi connectivity index (χ4v) is 3.95. The highest BCUT2D eigenvalue weighted by Gasteiger charge is 2.25. The molecule has 0 radical (unpaired) electrons. The number of halogens is 1. The maximum absolute atomic E-state index is 14.1. The van der Waals surface area contributed by atoms with Crippen molar-refractivity contribution in [1.82, 2.24) is 0 Å². The summed E-state index contributed by atoms with van der Waals surface area (Å²) in [5, 5.41) is 0.419. The third-order valence-corrected chi connectivity index (χ3v) is 5.84. The molecule has 4 nitrogen and oxygen atoms in total. The van der Waals surface area contributed by atoms with Gasteiger partial charge in [-0.05, 0) is 49.2 Å². The largest absolute Gasteiger partial charge is 0.460 e. The molecule has 0 spiro atoms. The molecule has 3 aromatic rings. The summed E-state index contributed by atoms with van der Waals surface area (Å²) < 4.78 is 26.0. The number of amidine groups is 1. The number of rotatable bonds is 4. The number of aliphatic imine (C=N–C) groups is 1. The third kappa shape index (κ3) is 4.66. The molecule has 0 saturated heterocycles. The van der Waals surface area contributed by atoms with Crippen LogP contribution in [0.4, 0.5) is 10.1 Å². The maximum Gasteiger partial charge on any atom is 0.227 e. The normalized spacial score (nSPS) is 16.1. The average Bonchev–Trinajstić information content (AvgIpc) is 2.75. The Kier molecular flexibility index (Phi) is 6.06. The Morgan fingerprint density at radius 1 is 1.10 bits per heavy atom. The first-order chi connectivity index (χ1) is 14.5. The summed E-state index contributed by atoms with van der Waals surface area (Å²) in [7, 11) is 0. The fourth-order valence-electron chi connectivity index (χ4n) is 3.26. The van der Waals surface area contributed by atoms with Crippen molar-refractivity contribution in [2.75, 3.05) is 0 Å². The molecule has 6 heteroatoms. The first-order valence-electron chi connectivity index (χ1n) is 9.68. The van der Waals surface area contributed by atoms with Crippen LogP contribution in [0.1, 0.15) is 34.1 Å². The van der Waals surface area contributed by atoms with E-state index in [2.05, 4.69) is 11.9 Å². The fraction of sp³-hybridized carbons (Fsp3) is 0.208. The summed E-state index contributed by atoms with van der Waals surface area (Å²) in [6.07, 6.45) is -0.519. The summed E-state index contributed by atoms with van der Waals surface area (Å²) in [4.78, 5) is 4.47. The second-order valence-electron chi connectivity index (χ2n) is 7.23. The molecule has 154 valence electrons. The van der Waals surface area contributed by atoms with Gasteiger partial charge in [0.15, 0.2) is 5.17 Å². The van der Waals surface area contributed by atoms with Crippen LogP contribution in [-0.4, -0.2) is 5.17 Å². The maximum atomic E-state index is 14.1. The van der Waals surface area contributed by atoms with Crippen molar-refractivity contribution in [2.45, 2.75) is 32.5 Å². The smallest absolute Gasteiger partial charge is 0.227 e. The Balaban J connectivity index is 1.53. The molecular weight excluding hydrogens is 399 g/mol. The van der Waals surface area contributed by atoms with E-state index in [0.717, 1.165) is 22.4 Å². The van der Waals surface area contributed by atoms with Crippen molar-refractivity contribution in [3.05, 3.63) is 94.3 Å². The van der Waals surface area contributed by atoms with Crippen LogP contribution in [0, 0.1) is 19.7 Å². The van der Waals surface area contributed by atoms with Crippen LogP contribution in [0.3, 0.4) is 0 Å². The summed E-state index contributed by atoms with van der Waals surface area (Å²) in [6, 6.07) is 18.6. The van der Waals surface area contributed by atoms with E-state index in [1.54, 1.807) is 0 Å². The van der Waals surface area contributed by atoms with Crippen molar-refractivity contribution >= 4 is 22.6 Å². The highest BCUT2D eigenvalue weighted by molar-refractivity contribution is 8.13. The number of thioether (sulfide) groups is 1. The van der Waals surface area contributed by atoms with E-state index in [9.17, 15) is 4.39 Å². The van der Waals surface area contributed by atoms with Crippen LogP contribution < -0.4 is 10.5 Å². The molecule has 30 heavy (non-hydrogen) atoms. The van der Waals surface area contributed by atoms with Crippen LogP contribution >= 0.6 is 11.8 Å². The molecule has 0 amide bonds. The number of fused-ring (bicyclic) bond motifs is 1. The lowest BCUT2D eigenvalue weighted by Crippen LogP contribution is -2.19. The van der Waals surface area contributed by atoms with Gasteiger partial charge in [-0.15, -0.1) is 0 Å². The van der Waals surface area contributed by atoms with E-state index < -0.39 is 6.29 Å². The molecule has 2 N–H and O–H groups in total. The minimum absolute atomic E-state index is 0.288. The standard InChI is InChI=1S/C24H23FN2O2S/c1-15-8-9-21(10-16(15)2)27-24(26)30-14-19-12-20(25)11-18-13-28-23(29-22(18)19)17-6-4-3-5-7-17/h3-12,23H,13-14H2,1-2H3,(H2,26,27)/t23-/m1/s1. The summed E-state index contributed by atoms with van der Waals surface area (Å²) in [6.45, 7) is 4.39. The predicted molar refractivity (Wildman–Crippen MR) is 119 cm³/mol. The van der Waals surface area contributed by atoms with Gasteiger partial charge in [0, 0.05) is 22.4 Å². The van der Waals surface area contributed by atoms with E-state index in [-0.39, 0.29) is 12.4 Å². The molecule has 0 fully saturated rings. The van der Waals surface area contributed by atoms with Crippen molar-refractivity contribution in [3.63, 3.8) is 0 Å². The van der Waals surface area contributed by atoms with Crippen LogP contribution in [-0.2, 0) is 17.1 Å². The minimum atomic E-state index is -0.519.